The molecule has 2 aromatic carbocycles. The van der Waals surface area contributed by atoms with Gasteiger partial charge in [-0.15, -0.1) is 5.10 Å². The average Bonchev–Trinajstić information content (AvgIpc) is 3.49. The maximum Gasteiger partial charge on any atom is 0.342 e. The molecule has 0 spiro atoms. The third-order valence-corrected chi connectivity index (χ3v) is 6.81. The van der Waals surface area contributed by atoms with E-state index in [4.69, 9.17) is 18.8 Å². The Kier molecular flexibility index (Phi) is 11.4. The maximum absolute atomic E-state index is 15.2. The van der Waals surface area contributed by atoms with Gasteiger partial charge in [0, 0.05) is 61.3 Å². The Bertz CT molecular complexity index is 1930. The molecule has 0 atom stereocenters. The SMILES string of the molecule is C=CC(=O)N1CCC(Oc2cc3c(Nc4ccc(Oc5ccn(C(=O)NC(C)(C)C)n5)cc4F)ncnc3cc2OC)CC1.CS(=O)(=O)O. The highest BCUT2D eigenvalue weighted by molar-refractivity contribution is 7.85. The third kappa shape index (κ3) is 10.6. The van der Waals surface area contributed by atoms with Gasteiger partial charge in [-0.3, -0.25) is 9.35 Å². The molecular formula is C32H38FN7O8S. The summed E-state index contributed by atoms with van der Waals surface area (Å²) in [6.45, 7) is 10.3. The molecule has 2 aromatic heterocycles. The molecule has 0 unspecified atom stereocenters. The Hall–Kier alpha value is -5.29. The Morgan fingerprint density at radius 3 is 2.41 bits per heavy atom. The van der Waals surface area contributed by atoms with Crippen LogP contribution in [0.4, 0.5) is 20.7 Å². The number of halogens is 1. The summed E-state index contributed by atoms with van der Waals surface area (Å²) in [6.07, 6.45) is 6.05. The number of benzene rings is 2. The predicted molar refractivity (Wildman–Crippen MR) is 180 cm³/mol. The molecule has 2 amide bonds. The van der Waals surface area contributed by atoms with E-state index >= 15 is 4.39 Å². The Balaban J connectivity index is 0.00000101. The van der Waals surface area contributed by atoms with Crippen LogP contribution in [-0.4, -0.2) is 87.7 Å². The summed E-state index contributed by atoms with van der Waals surface area (Å²) in [6, 6.07) is 8.90. The number of anilines is 2. The van der Waals surface area contributed by atoms with Crippen LogP contribution in [0.2, 0.25) is 0 Å². The molecule has 1 aliphatic heterocycles. The molecule has 1 fully saturated rings. The number of carbonyl (C=O) groups excluding carboxylic acids is 2. The number of fused-ring (bicyclic) bond motifs is 1. The van der Waals surface area contributed by atoms with Gasteiger partial charge in [-0.1, -0.05) is 6.58 Å². The van der Waals surface area contributed by atoms with Gasteiger partial charge in [0.25, 0.3) is 10.1 Å². The van der Waals surface area contributed by atoms with E-state index in [1.54, 1.807) is 30.2 Å². The van der Waals surface area contributed by atoms with Gasteiger partial charge in [0.1, 0.15) is 29.8 Å². The molecule has 5 rings (SSSR count). The molecular weight excluding hydrogens is 661 g/mol. The first-order chi connectivity index (χ1) is 23.0. The standard InChI is InChI=1S/C31H34FN7O5.CH4O3S/c1-6-28(40)38-12-9-19(10-13-38)43-26-16-21-24(17-25(26)42-5)33-18-34-29(21)35-23-8-7-20(15-22(23)32)44-27-11-14-39(37-27)30(41)36-31(2,3)4;1-5(2,3)4/h6-8,11,14-19H,1,9-10,12-13H2,2-5H3,(H,36,41)(H,33,34,35);1H3,(H,2,3,4). The fourth-order valence-corrected chi connectivity index (χ4v) is 4.68. The summed E-state index contributed by atoms with van der Waals surface area (Å²) in [4.78, 5) is 34.7. The highest BCUT2D eigenvalue weighted by atomic mass is 32.2. The van der Waals surface area contributed by atoms with Gasteiger partial charge in [-0.05, 0) is 45.0 Å². The zero-order chi connectivity index (χ0) is 35.9. The minimum absolute atomic E-state index is 0.0946. The van der Waals surface area contributed by atoms with Crippen LogP contribution in [0.5, 0.6) is 23.1 Å². The van der Waals surface area contributed by atoms with Crippen molar-refractivity contribution in [3.8, 4) is 23.1 Å². The van der Waals surface area contributed by atoms with Crippen molar-refractivity contribution in [3.05, 3.63) is 67.4 Å². The molecule has 0 saturated carbocycles. The largest absolute Gasteiger partial charge is 0.493 e. The van der Waals surface area contributed by atoms with E-state index < -0.39 is 27.5 Å². The zero-order valence-electron chi connectivity index (χ0n) is 27.6. The number of rotatable bonds is 8. The van der Waals surface area contributed by atoms with Crippen LogP contribution in [0, 0.1) is 5.82 Å². The maximum atomic E-state index is 15.2. The first-order valence-electron chi connectivity index (χ1n) is 15.0. The lowest BCUT2D eigenvalue weighted by Gasteiger charge is -2.31. The molecule has 0 aliphatic carbocycles. The van der Waals surface area contributed by atoms with E-state index in [-0.39, 0.29) is 29.3 Å². The highest BCUT2D eigenvalue weighted by Gasteiger charge is 2.24. The second kappa shape index (κ2) is 15.3. The second-order valence-electron chi connectivity index (χ2n) is 12.0. The molecule has 15 nitrogen and oxygen atoms in total. The molecule has 262 valence electrons. The number of aromatic nitrogens is 4. The van der Waals surface area contributed by atoms with Crippen LogP contribution in [0.3, 0.4) is 0 Å². The molecule has 49 heavy (non-hydrogen) atoms. The van der Waals surface area contributed by atoms with Crippen LogP contribution in [-0.2, 0) is 14.9 Å². The van der Waals surface area contributed by atoms with E-state index in [1.165, 1.54) is 36.8 Å². The van der Waals surface area contributed by atoms with Crippen molar-refractivity contribution < 1.29 is 41.2 Å². The first-order valence-corrected chi connectivity index (χ1v) is 16.8. The van der Waals surface area contributed by atoms with Gasteiger partial charge >= 0.3 is 6.03 Å². The number of ether oxygens (including phenoxy) is 3. The lowest BCUT2D eigenvalue weighted by Crippen LogP contribution is -2.43. The van der Waals surface area contributed by atoms with E-state index in [0.717, 1.165) is 4.68 Å². The van der Waals surface area contributed by atoms with Gasteiger partial charge in [0.2, 0.25) is 11.8 Å². The van der Waals surface area contributed by atoms with Gasteiger partial charge < -0.3 is 29.7 Å². The van der Waals surface area contributed by atoms with Crippen molar-refractivity contribution in [2.45, 2.75) is 45.3 Å². The van der Waals surface area contributed by atoms with Gasteiger partial charge in [0.15, 0.2) is 11.5 Å². The van der Waals surface area contributed by atoms with Crippen molar-refractivity contribution in [1.29, 1.82) is 0 Å². The minimum atomic E-state index is -3.67. The molecule has 1 saturated heterocycles. The lowest BCUT2D eigenvalue weighted by molar-refractivity contribution is -0.127. The van der Waals surface area contributed by atoms with Crippen molar-refractivity contribution in [3.63, 3.8) is 0 Å². The second-order valence-corrected chi connectivity index (χ2v) is 13.4. The lowest BCUT2D eigenvalue weighted by atomic mass is 10.1. The number of nitrogens with one attached hydrogen (secondary N) is 2. The number of amides is 2. The number of nitrogens with zero attached hydrogens (tertiary/aromatic N) is 5. The topological polar surface area (TPSA) is 187 Å². The summed E-state index contributed by atoms with van der Waals surface area (Å²) in [5, 5.41) is 10.5. The molecule has 1 aliphatic rings. The molecule has 0 radical (unpaired) electrons. The van der Waals surface area contributed by atoms with Crippen LogP contribution in [0.1, 0.15) is 33.6 Å². The number of hydrogen-bond acceptors (Lipinski definition) is 11. The fraction of sp³-hybridized carbons (Fsp3) is 0.344. The predicted octanol–water partition coefficient (Wildman–Crippen LogP) is 4.93. The van der Waals surface area contributed by atoms with E-state index in [2.05, 4.69) is 32.3 Å². The van der Waals surface area contributed by atoms with Crippen molar-refractivity contribution >= 4 is 44.5 Å². The first kappa shape index (κ1) is 36.5. The quantitative estimate of drug-likeness (QED) is 0.167. The number of carbonyl (C=O) groups is 2. The van der Waals surface area contributed by atoms with Crippen molar-refractivity contribution in [2.24, 2.45) is 0 Å². The van der Waals surface area contributed by atoms with Gasteiger partial charge in [-0.2, -0.15) is 13.1 Å². The Morgan fingerprint density at radius 1 is 1.10 bits per heavy atom. The summed E-state index contributed by atoms with van der Waals surface area (Å²) in [5.41, 5.74) is 0.298. The van der Waals surface area contributed by atoms with Gasteiger partial charge in [-0.25, -0.2) is 19.2 Å². The smallest absolute Gasteiger partial charge is 0.342 e. The average molecular weight is 700 g/mol. The summed E-state index contributed by atoms with van der Waals surface area (Å²) < 4.78 is 59.7. The number of likely N-dealkylation sites (tertiary alicyclic amines) is 1. The van der Waals surface area contributed by atoms with Crippen molar-refractivity contribution in [1.82, 2.24) is 30.0 Å². The molecule has 3 N–H and O–H groups in total. The van der Waals surface area contributed by atoms with Crippen LogP contribution < -0.4 is 24.8 Å². The van der Waals surface area contributed by atoms with Crippen LogP contribution in [0.25, 0.3) is 10.9 Å². The molecule has 0 bridgehead atoms. The van der Waals surface area contributed by atoms with Gasteiger partial charge in [0.05, 0.1) is 24.6 Å². The molecule has 3 heterocycles. The highest BCUT2D eigenvalue weighted by Crippen LogP contribution is 2.37. The summed E-state index contributed by atoms with van der Waals surface area (Å²) in [7, 11) is -2.12. The number of methoxy groups -OCH3 is 1. The fourth-order valence-electron chi connectivity index (χ4n) is 4.68. The normalized spacial score (nSPS) is 13.6. The molecule has 17 heteroatoms. The van der Waals surface area contributed by atoms with Crippen LogP contribution in [0.15, 0.2) is 61.6 Å². The van der Waals surface area contributed by atoms with E-state index in [9.17, 15) is 18.0 Å². The van der Waals surface area contributed by atoms with E-state index in [0.29, 0.717) is 60.4 Å². The Labute approximate surface area is 282 Å². The minimum Gasteiger partial charge on any atom is -0.493 e. The van der Waals surface area contributed by atoms with E-state index in [1.807, 2.05) is 20.8 Å². The molecule has 4 aromatic rings. The van der Waals surface area contributed by atoms with Crippen molar-refractivity contribution in [2.75, 3.05) is 31.8 Å². The van der Waals surface area contributed by atoms with Crippen LogP contribution >= 0.6 is 0 Å². The Morgan fingerprint density at radius 2 is 1.80 bits per heavy atom. The zero-order valence-corrected chi connectivity index (χ0v) is 28.5. The third-order valence-electron chi connectivity index (χ3n) is 6.81. The monoisotopic (exact) mass is 699 g/mol. The summed E-state index contributed by atoms with van der Waals surface area (Å²) >= 11 is 0. The summed E-state index contributed by atoms with van der Waals surface area (Å²) in [5.74, 6) is 1.00. The number of piperidine rings is 1. The number of hydrogen-bond donors (Lipinski definition) is 3.